The van der Waals surface area contributed by atoms with Crippen LogP contribution in [-0.2, 0) is 6.42 Å². The highest BCUT2D eigenvalue weighted by molar-refractivity contribution is 9.10. The summed E-state index contributed by atoms with van der Waals surface area (Å²) in [5.41, 5.74) is 3.09. The van der Waals surface area contributed by atoms with Crippen LogP contribution >= 0.6 is 15.9 Å². The third-order valence-electron chi connectivity index (χ3n) is 2.70. The summed E-state index contributed by atoms with van der Waals surface area (Å²) in [7, 11) is 3.24. The molecule has 0 heterocycles. The van der Waals surface area contributed by atoms with E-state index < -0.39 is 0 Å². The topological polar surface area (TPSA) is 38.7 Å². The minimum atomic E-state index is 0.0931. The molecule has 1 N–H and O–H groups in total. The van der Waals surface area contributed by atoms with Gasteiger partial charge in [0, 0.05) is 22.2 Å². The molecule has 0 saturated heterocycles. The highest BCUT2D eigenvalue weighted by Crippen LogP contribution is 2.41. The zero-order valence-electron chi connectivity index (χ0n) is 10.1. The van der Waals surface area contributed by atoms with Gasteiger partial charge in [0.2, 0.25) is 0 Å². The van der Waals surface area contributed by atoms with Crippen molar-refractivity contribution in [2.75, 3.05) is 20.8 Å². The molecule has 0 aromatic heterocycles. The lowest BCUT2D eigenvalue weighted by atomic mass is 10.0. The first kappa shape index (κ1) is 13.3. The Balaban J connectivity index is 3.51. The lowest BCUT2D eigenvalue weighted by Crippen LogP contribution is -2.04. The minimum Gasteiger partial charge on any atom is -0.493 e. The molecule has 90 valence electrons. The molecule has 0 radical (unpaired) electrons. The molecule has 3 nitrogen and oxygen atoms in total. The first-order valence-corrected chi connectivity index (χ1v) is 5.88. The van der Waals surface area contributed by atoms with Gasteiger partial charge in [-0.05, 0) is 25.8 Å². The summed E-state index contributed by atoms with van der Waals surface area (Å²) in [6, 6.07) is 0. The van der Waals surface area contributed by atoms with Crippen LogP contribution in [-0.4, -0.2) is 25.9 Å². The highest BCUT2D eigenvalue weighted by atomic mass is 79.9. The fourth-order valence-corrected chi connectivity index (χ4v) is 2.28. The SMILES string of the molecule is COc1c(C)c(Br)c(C)c(CCO)c1OC. The summed E-state index contributed by atoms with van der Waals surface area (Å²) in [5.74, 6) is 1.44. The third-order valence-corrected chi connectivity index (χ3v) is 3.89. The van der Waals surface area contributed by atoms with Gasteiger partial charge in [0.15, 0.2) is 11.5 Å². The Hall–Kier alpha value is -0.740. The normalized spacial score (nSPS) is 10.4. The van der Waals surface area contributed by atoms with E-state index in [0.29, 0.717) is 6.42 Å². The molecule has 0 saturated carbocycles. The largest absolute Gasteiger partial charge is 0.493 e. The summed E-state index contributed by atoms with van der Waals surface area (Å²) in [6.45, 7) is 4.07. The number of rotatable bonds is 4. The van der Waals surface area contributed by atoms with E-state index in [2.05, 4.69) is 15.9 Å². The number of aliphatic hydroxyl groups is 1. The highest BCUT2D eigenvalue weighted by Gasteiger charge is 2.19. The van der Waals surface area contributed by atoms with Crippen molar-refractivity contribution < 1.29 is 14.6 Å². The van der Waals surface area contributed by atoms with E-state index >= 15 is 0 Å². The Morgan fingerprint density at radius 2 is 1.62 bits per heavy atom. The van der Waals surface area contributed by atoms with Gasteiger partial charge in [-0.25, -0.2) is 0 Å². The Morgan fingerprint density at radius 3 is 2.06 bits per heavy atom. The van der Waals surface area contributed by atoms with Crippen molar-refractivity contribution in [3.63, 3.8) is 0 Å². The summed E-state index contributed by atoms with van der Waals surface area (Å²) in [6.07, 6.45) is 0.560. The van der Waals surface area contributed by atoms with E-state index in [4.69, 9.17) is 14.6 Å². The van der Waals surface area contributed by atoms with Gasteiger partial charge in [-0.1, -0.05) is 15.9 Å². The Labute approximate surface area is 105 Å². The van der Waals surface area contributed by atoms with E-state index in [9.17, 15) is 0 Å². The molecular weight excluding hydrogens is 272 g/mol. The first-order chi connectivity index (χ1) is 7.58. The maximum absolute atomic E-state index is 9.08. The number of methoxy groups -OCH3 is 2. The Morgan fingerprint density at radius 1 is 1.06 bits per heavy atom. The minimum absolute atomic E-state index is 0.0931. The van der Waals surface area contributed by atoms with Gasteiger partial charge in [-0.15, -0.1) is 0 Å². The third kappa shape index (κ3) is 2.18. The summed E-state index contributed by atoms with van der Waals surface area (Å²) < 4.78 is 11.7. The number of hydrogen-bond acceptors (Lipinski definition) is 3. The first-order valence-electron chi connectivity index (χ1n) is 5.08. The van der Waals surface area contributed by atoms with E-state index in [1.165, 1.54) is 0 Å². The molecule has 16 heavy (non-hydrogen) atoms. The second-order valence-electron chi connectivity index (χ2n) is 3.58. The fourth-order valence-electron chi connectivity index (χ4n) is 1.87. The van der Waals surface area contributed by atoms with E-state index in [0.717, 1.165) is 32.7 Å². The van der Waals surface area contributed by atoms with Crippen LogP contribution in [0.3, 0.4) is 0 Å². The number of hydrogen-bond donors (Lipinski definition) is 1. The van der Waals surface area contributed by atoms with E-state index in [-0.39, 0.29) is 6.61 Å². The number of ether oxygens (including phenoxy) is 2. The van der Waals surface area contributed by atoms with Crippen molar-refractivity contribution in [1.82, 2.24) is 0 Å². The van der Waals surface area contributed by atoms with Crippen molar-refractivity contribution >= 4 is 15.9 Å². The zero-order chi connectivity index (χ0) is 12.3. The van der Waals surface area contributed by atoms with Gasteiger partial charge in [-0.2, -0.15) is 0 Å². The van der Waals surface area contributed by atoms with Gasteiger partial charge in [0.1, 0.15) is 0 Å². The van der Waals surface area contributed by atoms with Gasteiger partial charge in [-0.3, -0.25) is 0 Å². The molecule has 0 unspecified atom stereocenters. The van der Waals surface area contributed by atoms with Crippen molar-refractivity contribution in [3.8, 4) is 11.5 Å². The molecule has 0 amide bonds. The quantitative estimate of drug-likeness (QED) is 0.926. The molecule has 1 rings (SSSR count). The predicted octanol–water partition coefficient (Wildman–Crippen LogP) is 2.62. The Kier molecular flexibility index (Phi) is 4.62. The smallest absolute Gasteiger partial charge is 0.165 e. The van der Waals surface area contributed by atoms with Crippen LogP contribution in [0.25, 0.3) is 0 Å². The molecule has 0 aliphatic heterocycles. The number of aliphatic hydroxyl groups excluding tert-OH is 1. The maximum atomic E-state index is 9.08. The predicted molar refractivity (Wildman–Crippen MR) is 67.5 cm³/mol. The van der Waals surface area contributed by atoms with Gasteiger partial charge in [0.05, 0.1) is 14.2 Å². The van der Waals surface area contributed by atoms with E-state index in [1.54, 1.807) is 14.2 Å². The van der Waals surface area contributed by atoms with Gasteiger partial charge < -0.3 is 14.6 Å². The van der Waals surface area contributed by atoms with Crippen LogP contribution in [0.5, 0.6) is 11.5 Å². The van der Waals surface area contributed by atoms with Gasteiger partial charge in [0.25, 0.3) is 0 Å². The standard InChI is InChI=1S/C12H17BrO3/c1-7-9(5-6-14)12(16-4)11(15-3)8(2)10(7)13/h14H,5-6H2,1-4H3. The average molecular weight is 289 g/mol. The van der Waals surface area contributed by atoms with Crippen LogP contribution < -0.4 is 9.47 Å². The zero-order valence-corrected chi connectivity index (χ0v) is 11.6. The molecule has 0 atom stereocenters. The lowest BCUT2D eigenvalue weighted by Gasteiger charge is -2.19. The molecular formula is C12H17BrO3. The van der Waals surface area contributed by atoms with Crippen molar-refractivity contribution in [2.24, 2.45) is 0 Å². The molecule has 1 aromatic rings. The van der Waals surface area contributed by atoms with Crippen LogP contribution in [0, 0.1) is 13.8 Å². The summed E-state index contributed by atoms with van der Waals surface area (Å²) in [4.78, 5) is 0. The fraction of sp³-hybridized carbons (Fsp3) is 0.500. The van der Waals surface area contributed by atoms with Crippen LogP contribution in [0.15, 0.2) is 4.47 Å². The van der Waals surface area contributed by atoms with Crippen molar-refractivity contribution in [2.45, 2.75) is 20.3 Å². The monoisotopic (exact) mass is 288 g/mol. The second-order valence-corrected chi connectivity index (χ2v) is 4.38. The molecule has 0 bridgehead atoms. The van der Waals surface area contributed by atoms with Crippen molar-refractivity contribution in [1.29, 1.82) is 0 Å². The van der Waals surface area contributed by atoms with Crippen LogP contribution in [0.1, 0.15) is 16.7 Å². The molecule has 0 spiro atoms. The van der Waals surface area contributed by atoms with Gasteiger partial charge >= 0.3 is 0 Å². The lowest BCUT2D eigenvalue weighted by molar-refractivity contribution is 0.294. The van der Waals surface area contributed by atoms with E-state index in [1.807, 2.05) is 13.8 Å². The summed E-state index contributed by atoms with van der Waals surface area (Å²) >= 11 is 3.54. The molecule has 0 aliphatic rings. The summed E-state index contributed by atoms with van der Waals surface area (Å²) in [5, 5.41) is 9.08. The Bertz CT molecular complexity index is 389. The molecule has 1 aromatic carbocycles. The molecule has 0 fully saturated rings. The number of benzene rings is 1. The van der Waals surface area contributed by atoms with Crippen LogP contribution in [0.2, 0.25) is 0 Å². The second kappa shape index (κ2) is 5.55. The average Bonchev–Trinajstić information content (AvgIpc) is 2.29. The molecule has 0 aliphatic carbocycles. The van der Waals surface area contributed by atoms with Crippen LogP contribution in [0.4, 0.5) is 0 Å². The van der Waals surface area contributed by atoms with Crippen molar-refractivity contribution in [3.05, 3.63) is 21.2 Å². The maximum Gasteiger partial charge on any atom is 0.165 e. The molecule has 4 heteroatoms. The number of halogens is 1.